The SMILES string of the molecule is C=CCCCCCCCCCCCCCCCCCCC1CCN(C=C)C1=O. The van der Waals surface area contributed by atoms with E-state index in [1.807, 2.05) is 6.08 Å². The number of unbranched alkanes of at least 4 members (excludes halogenated alkanes) is 16. The molecule has 1 aliphatic rings. The van der Waals surface area contributed by atoms with E-state index >= 15 is 0 Å². The second-order valence-electron chi connectivity index (χ2n) is 8.72. The highest BCUT2D eigenvalue weighted by molar-refractivity contribution is 5.81. The van der Waals surface area contributed by atoms with Gasteiger partial charge in [0.25, 0.3) is 0 Å². The second-order valence-corrected chi connectivity index (χ2v) is 8.72. The molecule has 1 atom stereocenters. The Balaban J connectivity index is 1.73. The monoisotopic (exact) mass is 389 g/mol. The minimum atomic E-state index is 0.273. The number of carbonyl (C=O) groups excluding carboxylic acids is 1. The van der Waals surface area contributed by atoms with Gasteiger partial charge in [-0.1, -0.05) is 109 Å². The van der Waals surface area contributed by atoms with Crippen LogP contribution < -0.4 is 0 Å². The zero-order valence-electron chi connectivity index (χ0n) is 18.6. The second kappa shape index (κ2) is 18.0. The Labute approximate surface area is 175 Å². The summed E-state index contributed by atoms with van der Waals surface area (Å²) in [6, 6.07) is 0. The van der Waals surface area contributed by atoms with Crippen LogP contribution in [-0.2, 0) is 4.79 Å². The van der Waals surface area contributed by atoms with Crippen LogP contribution in [0.25, 0.3) is 0 Å². The number of hydrogen-bond donors (Lipinski definition) is 0. The smallest absolute Gasteiger partial charge is 0.229 e. The molecule has 0 bridgehead atoms. The van der Waals surface area contributed by atoms with Gasteiger partial charge in [-0.2, -0.15) is 0 Å². The van der Waals surface area contributed by atoms with Crippen molar-refractivity contribution in [3.63, 3.8) is 0 Å². The van der Waals surface area contributed by atoms with E-state index < -0.39 is 0 Å². The van der Waals surface area contributed by atoms with Crippen molar-refractivity contribution in [2.45, 2.75) is 122 Å². The Bertz CT molecular complexity index is 403. The Hall–Kier alpha value is -1.05. The van der Waals surface area contributed by atoms with Crippen molar-refractivity contribution in [1.82, 2.24) is 4.90 Å². The first-order valence-electron chi connectivity index (χ1n) is 12.3. The first-order valence-corrected chi connectivity index (χ1v) is 12.3. The molecule has 28 heavy (non-hydrogen) atoms. The number of rotatable bonds is 20. The molecule has 0 saturated carbocycles. The maximum atomic E-state index is 12.0. The van der Waals surface area contributed by atoms with Crippen molar-refractivity contribution in [3.05, 3.63) is 25.4 Å². The molecule has 1 saturated heterocycles. The fourth-order valence-electron chi connectivity index (χ4n) is 4.37. The van der Waals surface area contributed by atoms with E-state index in [0.29, 0.717) is 5.91 Å². The van der Waals surface area contributed by atoms with Crippen LogP contribution in [0.1, 0.15) is 122 Å². The molecular formula is C26H47NO. The zero-order chi connectivity index (χ0) is 20.3. The van der Waals surface area contributed by atoms with Gasteiger partial charge in [0.1, 0.15) is 0 Å². The number of nitrogens with zero attached hydrogens (tertiary/aromatic N) is 1. The fraction of sp³-hybridized carbons (Fsp3) is 0.808. The molecule has 0 aliphatic carbocycles. The highest BCUT2D eigenvalue weighted by Crippen LogP contribution is 2.24. The van der Waals surface area contributed by atoms with E-state index in [1.165, 1.54) is 109 Å². The van der Waals surface area contributed by atoms with E-state index in [9.17, 15) is 4.79 Å². The van der Waals surface area contributed by atoms with Gasteiger partial charge in [-0.25, -0.2) is 0 Å². The first kappa shape index (κ1) is 25.0. The average Bonchev–Trinajstić information content (AvgIpc) is 3.06. The van der Waals surface area contributed by atoms with Crippen LogP contribution in [0.5, 0.6) is 0 Å². The van der Waals surface area contributed by atoms with Crippen LogP contribution in [0.3, 0.4) is 0 Å². The highest BCUT2D eigenvalue weighted by Gasteiger charge is 2.29. The summed E-state index contributed by atoms with van der Waals surface area (Å²) in [7, 11) is 0. The van der Waals surface area contributed by atoms with Gasteiger partial charge >= 0.3 is 0 Å². The predicted molar refractivity (Wildman–Crippen MR) is 123 cm³/mol. The molecule has 1 heterocycles. The lowest BCUT2D eigenvalue weighted by Crippen LogP contribution is -2.21. The first-order chi connectivity index (χ1) is 13.8. The van der Waals surface area contributed by atoms with Crippen molar-refractivity contribution in [2.75, 3.05) is 6.54 Å². The van der Waals surface area contributed by atoms with Gasteiger partial charge in [-0.15, -0.1) is 6.58 Å². The molecule has 1 rings (SSSR count). The summed E-state index contributed by atoms with van der Waals surface area (Å²) in [6.07, 6.45) is 29.3. The molecule has 162 valence electrons. The molecule has 0 radical (unpaired) electrons. The van der Waals surface area contributed by atoms with Gasteiger partial charge in [0, 0.05) is 12.5 Å². The minimum absolute atomic E-state index is 0.273. The summed E-state index contributed by atoms with van der Waals surface area (Å²) >= 11 is 0. The third-order valence-corrected chi connectivity index (χ3v) is 6.28. The quantitative estimate of drug-likeness (QED) is 0.152. The molecule has 0 spiro atoms. The molecule has 0 aromatic heterocycles. The zero-order valence-corrected chi connectivity index (χ0v) is 18.6. The molecule has 2 nitrogen and oxygen atoms in total. The van der Waals surface area contributed by atoms with Crippen molar-refractivity contribution >= 4 is 5.91 Å². The molecule has 1 amide bonds. The maximum absolute atomic E-state index is 12.0. The standard InChI is InChI=1S/C26H47NO/c1-3-5-6-7-8-9-10-11-12-13-14-15-16-17-18-19-20-21-22-25-23-24-27(4-2)26(25)28/h3-4,25H,1-2,5-24H2. The molecule has 0 aromatic carbocycles. The summed E-state index contributed by atoms with van der Waals surface area (Å²) in [6.45, 7) is 8.37. The Morgan fingerprint density at radius 2 is 1.14 bits per heavy atom. The van der Waals surface area contributed by atoms with Crippen LogP contribution >= 0.6 is 0 Å². The van der Waals surface area contributed by atoms with Crippen molar-refractivity contribution in [1.29, 1.82) is 0 Å². The van der Waals surface area contributed by atoms with Gasteiger partial charge in [0.2, 0.25) is 5.91 Å². The fourth-order valence-corrected chi connectivity index (χ4v) is 4.37. The van der Waals surface area contributed by atoms with E-state index in [0.717, 1.165) is 19.4 Å². The van der Waals surface area contributed by atoms with Crippen LogP contribution in [0, 0.1) is 5.92 Å². The largest absolute Gasteiger partial charge is 0.319 e. The van der Waals surface area contributed by atoms with E-state index in [1.54, 1.807) is 11.1 Å². The Morgan fingerprint density at radius 1 is 0.714 bits per heavy atom. The number of allylic oxidation sites excluding steroid dienone is 1. The molecule has 0 N–H and O–H groups in total. The molecule has 1 fully saturated rings. The lowest BCUT2D eigenvalue weighted by Gasteiger charge is -2.10. The maximum Gasteiger partial charge on any atom is 0.229 e. The van der Waals surface area contributed by atoms with Gasteiger partial charge in [-0.05, 0) is 31.9 Å². The van der Waals surface area contributed by atoms with Crippen LogP contribution in [0.15, 0.2) is 25.4 Å². The van der Waals surface area contributed by atoms with Crippen molar-refractivity contribution in [2.24, 2.45) is 5.92 Å². The molecule has 2 heteroatoms. The van der Waals surface area contributed by atoms with Gasteiger partial charge in [0.05, 0.1) is 0 Å². The number of carbonyl (C=O) groups is 1. The third-order valence-electron chi connectivity index (χ3n) is 6.28. The van der Waals surface area contributed by atoms with Crippen molar-refractivity contribution in [3.8, 4) is 0 Å². The molecular weight excluding hydrogens is 342 g/mol. The van der Waals surface area contributed by atoms with Crippen molar-refractivity contribution < 1.29 is 4.79 Å². The number of hydrogen-bond acceptors (Lipinski definition) is 1. The molecule has 1 aliphatic heterocycles. The van der Waals surface area contributed by atoms with Crippen LogP contribution in [-0.4, -0.2) is 17.4 Å². The van der Waals surface area contributed by atoms with E-state index in [4.69, 9.17) is 0 Å². The summed E-state index contributed by atoms with van der Waals surface area (Å²) in [5.41, 5.74) is 0. The van der Waals surface area contributed by atoms with Gasteiger partial charge < -0.3 is 4.90 Å². The summed E-state index contributed by atoms with van der Waals surface area (Å²) in [5.74, 6) is 0.578. The molecule has 0 aromatic rings. The summed E-state index contributed by atoms with van der Waals surface area (Å²) < 4.78 is 0. The van der Waals surface area contributed by atoms with Gasteiger partial charge in [0.15, 0.2) is 0 Å². The normalized spacial score (nSPS) is 16.6. The van der Waals surface area contributed by atoms with Crippen LogP contribution in [0.2, 0.25) is 0 Å². The lowest BCUT2D eigenvalue weighted by molar-refractivity contribution is -0.128. The highest BCUT2D eigenvalue weighted by atomic mass is 16.2. The van der Waals surface area contributed by atoms with E-state index in [2.05, 4.69) is 13.2 Å². The Morgan fingerprint density at radius 3 is 1.54 bits per heavy atom. The number of likely N-dealkylation sites (tertiary alicyclic amines) is 1. The lowest BCUT2D eigenvalue weighted by atomic mass is 9.98. The molecule has 1 unspecified atom stereocenters. The van der Waals surface area contributed by atoms with Crippen LogP contribution in [0.4, 0.5) is 0 Å². The topological polar surface area (TPSA) is 20.3 Å². The minimum Gasteiger partial charge on any atom is -0.319 e. The van der Waals surface area contributed by atoms with Gasteiger partial charge in [-0.3, -0.25) is 4.79 Å². The van der Waals surface area contributed by atoms with E-state index in [-0.39, 0.29) is 5.92 Å². The number of amides is 1. The summed E-state index contributed by atoms with van der Waals surface area (Å²) in [5, 5.41) is 0. The predicted octanol–water partition coefficient (Wildman–Crippen LogP) is 8.19. The third kappa shape index (κ3) is 12.4. The Kier molecular flexibility index (Phi) is 16.1. The average molecular weight is 390 g/mol. The summed E-state index contributed by atoms with van der Waals surface area (Å²) in [4.78, 5) is 13.8.